The van der Waals surface area contributed by atoms with Crippen molar-refractivity contribution in [3.8, 4) is 6.07 Å². The molecule has 1 aromatic rings. The zero-order chi connectivity index (χ0) is 13.0. The fraction of sp³-hybridized carbons (Fsp3) is 0.250. The van der Waals surface area contributed by atoms with Gasteiger partial charge in [-0.3, -0.25) is 0 Å². The number of benzene rings is 1. The van der Waals surface area contributed by atoms with Gasteiger partial charge < -0.3 is 15.4 Å². The average molecular weight is 261 g/mol. The molecule has 1 fully saturated rings. The van der Waals surface area contributed by atoms with Crippen molar-refractivity contribution >= 4 is 29.0 Å². The molecule has 1 aromatic carbocycles. The summed E-state index contributed by atoms with van der Waals surface area (Å²) in [6, 6.07) is 8.59. The van der Waals surface area contributed by atoms with Gasteiger partial charge in [-0.25, -0.2) is 4.79 Å². The van der Waals surface area contributed by atoms with E-state index in [2.05, 4.69) is 10.6 Å². The molecule has 0 aliphatic carbocycles. The Morgan fingerprint density at radius 2 is 2.39 bits per heavy atom. The molecule has 0 aromatic heterocycles. The van der Waals surface area contributed by atoms with E-state index in [-0.39, 0.29) is 12.0 Å². The highest BCUT2D eigenvalue weighted by molar-refractivity contribution is 7.80. The second-order valence-electron chi connectivity index (χ2n) is 3.80. The number of carbonyl (C=O) groups excluding carboxylic acids is 1. The van der Waals surface area contributed by atoms with Crippen molar-refractivity contribution in [3.05, 3.63) is 29.8 Å². The number of carbonyl (C=O) groups is 1. The Bertz CT molecular complexity index is 524. The van der Waals surface area contributed by atoms with Gasteiger partial charge in [0.25, 0.3) is 0 Å². The lowest BCUT2D eigenvalue weighted by Gasteiger charge is -2.13. The highest BCUT2D eigenvalue weighted by Gasteiger charge is 2.26. The van der Waals surface area contributed by atoms with Crippen molar-refractivity contribution < 1.29 is 9.53 Å². The lowest BCUT2D eigenvalue weighted by atomic mass is 10.2. The van der Waals surface area contributed by atoms with Crippen LogP contribution in [0.1, 0.15) is 12.0 Å². The summed E-state index contributed by atoms with van der Waals surface area (Å²) in [6.07, 6.45) is 0.610. The standard InChI is InChI=1S/C12H11N3O2S/c13-7-8-2-1-3-9(6-8)14-12(18)15-10-4-5-17-11(10)16/h1-3,6,10H,4-5H2,(H2,14,15,18). The van der Waals surface area contributed by atoms with Crippen molar-refractivity contribution in [2.45, 2.75) is 12.5 Å². The summed E-state index contributed by atoms with van der Waals surface area (Å²) < 4.78 is 4.82. The van der Waals surface area contributed by atoms with Crippen LogP contribution in [0.3, 0.4) is 0 Å². The van der Waals surface area contributed by atoms with E-state index >= 15 is 0 Å². The van der Waals surface area contributed by atoms with Crippen LogP contribution in [-0.4, -0.2) is 23.7 Å². The first-order chi connectivity index (χ1) is 8.69. The molecule has 2 N–H and O–H groups in total. The predicted octanol–water partition coefficient (Wildman–Crippen LogP) is 1.16. The van der Waals surface area contributed by atoms with Gasteiger partial charge in [0, 0.05) is 12.1 Å². The van der Waals surface area contributed by atoms with E-state index in [1.165, 1.54) is 0 Å². The molecule has 2 rings (SSSR count). The molecule has 1 unspecified atom stereocenters. The second kappa shape index (κ2) is 5.47. The van der Waals surface area contributed by atoms with E-state index < -0.39 is 0 Å². The Morgan fingerprint density at radius 3 is 3.06 bits per heavy atom. The van der Waals surface area contributed by atoms with E-state index in [1.807, 2.05) is 6.07 Å². The van der Waals surface area contributed by atoms with Gasteiger partial charge in [-0.2, -0.15) is 5.26 Å². The maximum atomic E-state index is 11.2. The molecule has 1 aliphatic rings. The van der Waals surface area contributed by atoms with E-state index in [0.29, 0.717) is 29.4 Å². The Balaban J connectivity index is 1.94. The lowest BCUT2D eigenvalue weighted by Crippen LogP contribution is -2.40. The van der Waals surface area contributed by atoms with E-state index in [0.717, 1.165) is 0 Å². The number of anilines is 1. The summed E-state index contributed by atoms with van der Waals surface area (Å²) in [5, 5.41) is 14.9. The lowest BCUT2D eigenvalue weighted by molar-refractivity contribution is -0.139. The van der Waals surface area contributed by atoms with E-state index in [9.17, 15) is 4.79 Å². The Kier molecular flexibility index (Phi) is 3.75. The van der Waals surface area contributed by atoms with Gasteiger partial charge in [-0.05, 0) is 30.4 Å². The Morgan fingerprint density at radius 1 is 1.56 bits per heavy atom. The van der Waals surface area contributed by atoms with Gasteiger partial charge in [-0.1, -0.05) is 6.07 Å². The van der Waals surface area contributed by atoms with Crippen molar-refractivity contribution in [1.29, 1.82) is 5.26 Å². The summed E-state index contributed by atoms with van der Waals surface area (Å²) in [5.74, 6) is -0.287. The van der Waals surface area contributed by atoms with Crippen LogP contribution in [0.15, 0.2) is 24.3 Å². The molecular formula is C12H11N3O2S. The molecule has 1 heterocycles. The van der Waals surface area contributed by atoms with Gasteiger partial charge in [-0.15, -0.1) is 0 Å². The average Bonchev–Trinajstić information content (AvgIpc) is 2.75. The maximum absolute atomic E-state index is 11.2. The number of nitrogens with one attached hydrogen (secondary N) is 2. The van der Waals surface area contributed by atoms with Crippen LogP contribution in [0, 0.1) is 11.3 Å². The molecule has 0 saturated carbocycles. The van der Waals surface area contributed by atoms with Crippen LogP contribution in [0.25, 0.3) is 0 Å². The monoisotopic (exact) mass is 261 g/mol. The number of hydrogen-bond acceptors (Lipinski definition) is 4. The minimum atomic E-state index is -0.385. The van der Waals surface area contributed by atoms with Gasteiger partial charge in [0.1, 0.15) is 6.04 Å². The molecule has 1 saturated heterocycles. The molecule has 1 atom stereocenters. The summed E-state index contributed by atoms with van der Waals surface area (Å²) in [5.41, 5.74) is 1.25. The molecule has 0 spiro atoms. The first-order valence-electron chi connectivity index (χ1n) is 5.43. The quantitative estimate of drug-likeness (QED) is 0.614. The number of rotatable bonds is 2. The normalized spacial score (nSPS) is 17.7. The molecular weight excluding hydrogens is 250 g/mol. The van der Waals surface area contributed by atoms with Gasteiger partial charge >= 0.3 is 5.97 Å². The van der Waals surface area contributed by atoms with Crippen molar-refractivity contribution in [3.63, 3.8) is 0 Å². The number of cyclic esters (lactones) is 1. The minimum Gasteiger partial charge on any atom is -0.464 e. The summed E-state index contributed by atoms with van der Waals surface area (Å²) in [7, 11) is 0. The summed E-state index contributed by atoms with van der Waals surface area (Å²) >= 11 is 5.09. The molecule has 1 aliphatic heterocycles. The molecule has 0 bridgehead atoms. The zero-order valence-electron chi connectivity index (χ0n) is 9.47. The Hall–Kier alpha value is -2.13. The molecule has 5 nitrogen and oxygen atoms in total. The van der Waals surface area contributed by atoms with Crippen molar-refractivity contribution in [2.24, 2.45) is 0 Å². The van der Waals surface area contributed by atoms with E-state index in [1.54, 1.807) is 24.3 Å². The van der Waals surface area contributed by atoms with Gasteiger partial charge in [0.05, 0.1) is 18.2 Å². The number of esters is 1. The van der Waals surface area contributed by atoms with Gasteiger partial charge in [0.15, 0.2) is 5.11 Å². The highest BCUT2D eigenvalue weighted by atomic mass is 32.1. The number of ether oxygens (including phenoxy) is 1. The minimum absolute atomic E-state index is 0.287. The molecule has 6 heteroatoms. The number of nitrogens with zero attached hydrogens (tertiary/aromatic N) is 1. The third kappa shape index (κ3) is 2.96. The number of hydrogen-bond donors (Lipinski definition) is 2. The maximum Gasteiger partial charge on any atom is 0.328 e. The highest BCUT2D eigenvalue weighted by Crippen LogP contribution is 2.10. The van der Waals surface area contributed by atoms with Crippen LogP contribution in [0.4, 0.5) is 5.69 Å². The van der Waals surface area contributed by atoms with Crippen LogP contribution in [-0.2, 0) is 9.53 Å². The number of nitriles is 1. The SMILES string of the molecule is N#Cc1cccc(NC(=S)NC2CCOC2=O)c1. The van der Waals surface area contributed by atoms with Crippen molar-refractivity contribution in [1.82, 2.24) is 5.32 Å². The molecule has 92 valence electrons. The fourth-order valence-electron chi connectivity index (χ4n) is 1.62. The molecule has 0 radical (unpaired) electrons. The Labute approximate surface area is 110 Å². The van der Waals surface area contributed by atoms with Gasteiger partial charge in [0.2, 0.25) is 0 Å². The van der Waals surface area contributed by atoms with Crippen LogP contribution >= 0.6 is 12.2 Å². The largest absolute Gasteiger partial charge is 0.464 e. The van der Waals surface area contributed by atoms with Crippen LogP contribution < -0.4 is 10.6 Å². The number of thiocarbonyl (C=S) groups is 1. The third-order valence-corrected chi connectivity index (χ3v) is 2.71. The predicted molar refractivity (Wildman–Crippen MR) is 69.9 cm³/mol. The first-order valence-corrected chi connectivity index (χ1v) is 5.84. The van der Waals surface area contributed by atoms with E-state index in [4.69, 9.17) is 22.2 Å². The zero-order valence-corrected chi connectivity index (χ0v) is 10.3. The summed E-state index contributed by atoms with van der Waals surface area (Å²) in [4.78, 5) is 11.2. The van der Waals surface area contributed by atoms with Crippen LogP contribution in [0.5, 0.6) is 0 Å². The first kappa shape index (κ1) is 12.3. The third-order valence-electron chi connectivity index (χ3n) is 2.49. The molecule has 18 heavy (non-hydrogen) atoms. The fourth-order valence-corrected chi connectivity index (χ4v) is 1.88. The molecule has 0 amide bonds. The second-order valence-corrected chi connectivity index (χ2v) is 4.21. The van der Waals surface area contributed by atoms with Crippen molar-refractivity contribution in [2.75, 3.05) is 11.9 Å². The smallest absolute Gasteiger partial charge is 0.328 e. The summed E-state index contributed by atoms with van der Waals surface area (Å²) in [6.45, 7) is 0.420. The van der Waals surface area contributed by atoms with Crippen LogP contribution in [0.2, 0.25) is 0 Å². The topological polar surface area (TPSA) is 74.2 Å².